The zero-order valence-electron chi connectivity index (χ0n) is 25.9. The predicted molar refractivity (Wildman–Crippen MR) is 166 cm³/mol. The minimum atomic E-state index is -0.975. The van der Waals surface area contributed by atoms with E-state index in [0.29, 0.717) is 0 Å². The molecule has 0 bridgehead atoms. The summed E-state index contributed by atoms with van der Waals surface area (Å²) >= 11 is 0. The number of carbonyl (C=O) groups excluding carboxylic acids is 3. The van der Waals surface area contributed by atoms with E-state index in [4.69, 9.17) is 28.4 Å². The number of amides is 2. The summed E-state index contributed by atoms with van der Waals surface area (Å²) in [4.78, 5) is 37.8. The Bertz CT molecular complexity index is 1410. The summed E-state index contributed by atoms with van der Waals surface area (Å²) in [5.74, 6) is -1.20. The largest absolute Gasteiger partial charge is 0.461 e. The molecule has 244 valence electrons. The van der Waals surface area contributed by atoms with Gasteiger partial charge in [-0.3, -0.25) is 14.4 Å². The first-order chi connectivity index (χ1) is 22.4. The number of benzene rings is 3. The van der Waals surface area contributed by atoms with E-state index >= 15 is 0 Å². The summed E-state index contributed by atoms with van der Waals surface area (Å²) in [6.07, 6.45) is -4.78. The van der Waals surface area contributed by atoms with Crippen LogP contribution in [-0.4, -0.2) is 67.7 Å². The lowest BCUT2D eigenvalue weighted by atomic mass is 9.95. The summed E-state index contributed by atoms with van der Waals surface area (Å²) in [6, 6.07) is 27.6. The standard InChI is InChI=1S/C35H40N2O9/c1-23(33(40)36-19-18-29(39)41-20-25-12-6-3-7-13-25)44-32-30(37-24(2)38)35(42-21-26-14-8-4-9-15-26)45-28-22-43-34(46-31(28)32)27-16-10-5-11-17-27/h3-17,23,28,30-32,34-35H,18-22H2,1-2H3,(H,36,40)(H,37,38)/t23-,28-,30-,31+,32+,34+,35+/m0/s1. The Morgan fingerprint density at radius 3 is 2.15 bits per heavy atom. The zero-order chi connectivity index (χ0) is 32.3. The summed E-state index contributed by atoms with van der Waals surface area (Å²) < 4.78 is 36.6. The van der Waals surface area contributed by atoms with Gasteiger partial charge in [-0.15, -0.1) is 0 Å². The normalized spacial score (nSPS) is 24.7. The molecule has 0 unspecified atom stereocenters. The van der Waals surface area contributed by atoms with Crippen LogP contribution in [0.25, 0.3) is 0 Å². The van der Waals surface area contributed by atoms with E-state index < -0.39 is 54.9 Å². The van der Waals surface area contributed by atoms with Crippen molar-refractivity contribution < 1.29 is 42.8 Å². The third kappa shape index (κ3) is 9.21. The second-order valence-corrected chi connectivity index (χ2v) is 11.2. The van der Waals surface area contributed by atoms with Crippen LogP contribution in [0.4, 0.5) is 0 Å². The second kappa shape index (κ2) is 16.4. The van der Waals surface area contributed by atoms with Gasteiger partial charge in [0.15, 0.2) is 12.6 Å². The van der Waals surface area contributed by atoms with E-state index in [-0.39, 0.29) is 38.7 Å². The third-order valence-corrected chi connectivity index (χ3v) is 7.64. The van der Waals surface area contributed by atoms with Crippen LogP contribution in [0.3, 0.4) is 0 Å². The van der Waals surface area contributed by atoms with Crippen molar-refractivity contribution in [3.05, 3.63) is 108 Å². The fourth-order valence-electron chi connectivity index (χ4n) is 5.34. The molecule has 2 amide bonds. The molecule has 2 heterocycles. The Morgan fingerprint density at radius 2 is 1.50 bits per heavy atom. The number of hydrogen-bond donors (Lipinski definition) is 2. The molecule has 0 aliphatic carbocycles. The Morgan fingerprint density at radius 1 is 0.870 bits per heavy atom. The SMILES string of the molecule is CC(=O)N[C@@H]1[C@H](OCc2ccccc2)O[C@H]2CO[C@@H](c3ccccc3)O[C@H]2[C@@H]1O[C@@H](C)C(=O)NCCC(=O)OCc1ccccc1. The van der Waals surface area contributed by atoms with Gasteiger partial charge in [0.2, 0.25) is 11.8 Å². The quantitative estimate of drug-likeness (QED) is 0.272. The van der Waals surface area contributed by atoms with Crippen molar-refractivity contribution in [2.45, 2.75) is 76.5 Å². The van der Waals surface area contributed by atoms with Gasteiger partial charge in [-0.05, 0) is 18.1 Å². The Kier molecular flexibility index (Phi) is 11.9. The molecule has 11 nitrogen and oxygen atoms in total. The van der Waals surface area contributed by atoms with Gasteiger partial charge in [0.05, 0.1) is 19.6 Å². The first-order valence-electron chi connectivity index (χ1n) is 15.4. The van der Waals surface area contributed by atoms with Gasteiger partial charge >= 0.3 is 5.97 Å². The van der Waals surface area contributed by atoms with Gasteiger partial charge < -0.3 is 39.1 Å². The van der Waals surface area contributed by atoms with Gasteiger partial charge in [-0.2, -0.15) is 0 Å². The van der Waals surface area contributed by atoms with Gasteiger partial charge in [0.25, 0.3) is 0 Å². The molecule has 0 radical (unpaired) electrons. The maximum Gasteiger partial charge on any atom is 0.307 e. The third-order valence-electron chi connectivity index (χ3n) is 7.64. The van der Waals surface area contributed by atoms with Crippen molar-refractivity contribution in [3.8, 4) is 0 Å². The summed E-state index contributed by atoms with van der Waals surface area (Å²) in [5.41, 5.74) is 2.60. The first-order valence-corrected chi connectivity index (χ1v) is 15.4. The zero-order valence-corrected chi connectivity index (χ0v) is 25.9. The highest BCUT2D eigenvalue weighted by molar-refractivity contribution is 5.81. The van der Waals surface area contributed by atoms with Crippen molar-refractivity contribution in [2.75, 3.05) is 13.2 Å². The second-order valence-electron chi connectivity index (χ2n) is 11.2. The van der Waals surface area contributed by atoms with Gasteiger partial charge in [0, 0.05) is 19.0 Å². The molecule has 0 saturated carbocycles. The van der Waals surface area contributed by atoms with E-state index in [0.717, 1.165) is 16.7 Å². The summed E-state index contributed by atoms with van der Waals surface area (Å²) in [5, 5.41) is 5.65. The molecule has 11 heteroatoms. The molecule has 2 fully saturated rings. The van der Waals surface area contributed by atoms with E-state index in [1.54, 1.807) is 6.92 Å². The summed E-state index contributed by atoms with van der Waals surface area (Å²) in [6.45, 7) is 3.61. The minimum absolute atomic E-state index is 0.00359. The van der Waals surface area contributed by atoms with Gasteiger partial charge in [-0.1, -0.05) is 91.0 Å². The molecule has 3 aromatic rings. The number of carbonyl (C=O) groups is 3. The molecule has 2 N–H and O–H groups in total. The predicted octanol–water partition coefficient (Wildman–Crippen LogP) is 3.57. The molecular weight excluding hydrogens is 592 g/mol. The fraction of sp³-hybridized carbons (Fsp3) is 0.400. The maximum absolute atomic E-state index is 13.1. The maximum atomic E-state index is 13.1. The van der Waals surface area contributed by atoms with E-state index in [9.17, 15) is 14.4 Å². The topological polar surface area (TPSA) is 131 Å². The Balaban J connectivity index is 1.26. The van der Waals surface area contributed by atoms with Crippen molar-refractivity contribution in [2.24, 2.45) is 0 Å². The molecule has 0 aromatic heterocycles. The number of hydrogen-bond acceptors (Lipinski definition) is 9. The Hall–Kier alpha value is -4.13. The lowest BCUT2D eigenvalue weighted by Crippen LogP contribution is -2.68. The van der Waals surface area contributed by atoms with Crippen LogP contribution in [-0.2, 0) is 56.0 Å². The highest BCUT2D eigenvalue weighted by atomic mass is 16.8. The van der Waals surface area contributed by atoms with Crippen LogP contribution in [0.2, 0.25) is 0 Å². The fourth-order valence-corrected chi connectivity index (χ4v) is 5.34. The van der Waals surface area contributed by atoms with Crippen molar-refractivity contribution in [3.63, 3.8) is 0 Å². The van der Waals surface area contributed by atoms with Crippen molar-refractivity contribution in [1.29, 1.82) is 0 Å². The molecule has 5 rings (SSSR count). The first kappa shape index (κ1) is 33.2. The molecule has 7 atom stereocenters. The minimum Gasteiger partial charge on any atom is -0.461 e. The average molecular weight is 633 g/mol. The molecule has 2 aliphatic rings. The lowest BCUT2D eigenvalue weighted by Gasteiger charge is -2.49. The summed E-state index contributed by atoms with van der Waals surface area (Å²) in [7, 11) is 0. The molecule has 2 saturated heterocycles. The van der Waals surface area contributed by atoms with Crippen LogP contribution < -0.4 is 10.6 Å². The monoisotopic (exact) mass is 632 g/mol. The number of fused-ring (bicyclic) bond motifs is 1. The Labute approximate surface area is 268 Å². The number of nitrogens with one attached hydrogen (secondary N) is 2. The number of ether oxygens (including phenoxy) is 6. The van der Waals surface area contributed by atoms with Crippen LogP contribution in [0, 0.1) is 0 Å². The molecule has 2 aliphatic heterocycles. The average Bonchev–Trinajstić information content (AvgIpc) is 3.08. The smallest absolute Gasteiger partial charge is 0.307 e. The van der Waals surface area contributed by atoms with Crippen LogP contribution in [0.1, 0.15) is 43.2 Å². The van der Waals surface area contributed by atoms with Crippen molar-refractivity contribution >= 4 is 17.8 Å². The molecule has 3 aromatic carbocycles. The number of esters is 1. The lowest BCUT2D eigenvalue weighted by molar-refractivity contribution is -0.351. The van der Waals surface area contributed by atoms with E-state index in [1.807, 2.05) is 91.0 Å². The number of rotatable bonds is 13. The molecule has 0 spiro atoms. The van der Waals surface area contributed by atoms with E-state index in [2.05, 4.69) is 10.6 Å². The van der Waals surface area contributed by atoms with Crippen LogP contribution in [0.15, 0.2) is 91.0 Å². The molecule has 46 heavy (non-hydrogen) atoms. The molecular formula is C35H40N2O9. The van der Waals surface area contributed by atoms with Crippen molar-refractivity contribution in [1.82, 2.24) is 10.6 Å². The van der Waals surface area contributed by atoms with Gasteiger partial charge in [0.1, 0.15) is 37.1 Å². The van der Waals surface area contributed by atoms with Crippen LogP contribution >= 0.6 is 0 Å². The van der Waals surface area contributed by atoms with E-state index in [1.165, 1.54) is 6.92 Å². The van der Waals surface area contributed by atoms with Gasteiger partial charge in [-0.25, -0.2) is 0 Å². The highest BCUT2D eigenvalue weighted by Gasteiger charge is 2.52. The highest BCUT2D eigenvalue weighted by Crippen LogP contribution is 2.36. The van der Waals surface area contributed by atoms with Crippen LogP contribution in [0.5, 0.6) is 0 Å².